The molecule has 0 saturated heterocycles. The van der Waals surface area contributed by atoms with Crippen LogP contribution in [0.3, 0.4) is 0 Å². The van der Waals surface area contributed by atoms with E-state index in [1.54, 1.807) is 0 Å². The highest BCUT2D eigenvalue weighted by Gasteiger charge is 2.20. The van der Waals surface area contributed by atoms with Crippen LogP contribution in [0.4, 0.5) is 17.1 Å². The van der Waals surface area contributed by atoms with Crippen LogP contribution in [0.1, 0.15) is 0 Å². The van der Waals surface area contributed by atoms with E-state index >= 15 is 0 Å². The highest BCUT2D eigenvalue weighted by Crippen LogP contribution is 2.45. The molecular weight excluding hydrogens is 687 g/mol. The molecule has 0 fully saturated rings. The molecule has 12 aromatic rings. The Kier molecular flexibility index (Phi) is 6.60. The van der Waals surface area contributed by atoms with Crippen LogP contribution in [-0.4, -0.2) is 0 Å². The third-order valence-corrected chi connectivity index (χ3v) is 11.3. The summed E-state index contributed by atoms with van der Waals surface area (Å²) in [6, 6.07) is 66.2. The topological polar surface area (TPSA) is 42.7 Å². The molecule has 12 rings (SSSR count). The summed E-state index contributed by atoms with van der Waals surface area (Å²) >= 11 is 0. The van der Waals surface area contributed by atoms with Crippen molar-refractivity contribution in [2.75, 3.05) is 4.90 Å². The zero-order valence-corrected chi connectivity index (χ0v) is 30.1. The van der Waals surface area contributed by atoms with Crippen molar-refractivity contribution in [3.8, 4) is 22.3 Å². The molecule has 0 unspecified atom stereocenters. The summed E-state index contributed by atoms with van der Waals surface area (Å²) in [7, 11) is 0. The number of benzene rings is 9. The zero-order chi connectivity index (χ0) is 36.7. The Morgan fingerprint density at radius 2 is 0.875 bits per heavy atom. The van der Waals surface area contributed by atoms with E-state index in [4.69, 9.17) is 13.3 Å². The summed E-state index contributed by atoms with van der Waals surface area (Å²) in [5, 5.41) is 8.96. The van der Waals surface area contributed by atoms with E-state index in [-0.39, 0.29) is 0 Å². The van der Waals surface area contributed by atoms with Gasteiger partial charge in [0.25, 0.3) is 0 Å². The van der Waals surface area contributed by atoms with E-state index in [1.165, 1.54) is 5.39 Å². The molecule has 0 amide bonds. The fraction of sp³-hybridized carbons (Fsp3) is 0. The molecule has 3 aromatic heterocycles. The first kappa shape index (κ1) is 30.9. The molecule has 0 spiro atoms. The first-order valence-electron chi connectivity index (χ1n) is 18.9. The second kappa shape index (κ2) is 12.0. The standard InChI is InChI=1S/C52H31NO3/c1-2-11-39-33(9-1)19-26-44-45-29-35(21-28-49(45)56-52(39)44)38-10-3-6-14-46(38)53(37-24-27-43-41-13-5-8-16-48(41)55-51(43)31-37)36-22-17-32(18-23-36)34-20-25-42-40-12-4-7-15-47(40)54-50(42)30-34/h1-31H. The van der Waals surface area contributed by atoms with Gasteiger partial charge in [-0.05, 0) is 94.9 Å². The van der Waals surface area contributed by atoms with Crippen LogP contribution in [0.25, 0.3) is 98.8 Å². The molecule has 0 radical (unpaired) electrons. The van der Waals surface area contributed by atoms with Gasteiger partial charge in [0.2, 0.25) is 0 Å². The van der Waals surface area contributed by atoms with E-state index in [0.717, 1.165) is 111 Å². The molecule has 0 aliphatic carbocycles. The van der Waals surface area contributed by atoms with Gasteiger partial charge in [0, 0.05) is 60.7 Å². The molecule has 0 bridgehead atoms. The predicted octanol–water partition coefficient (Wildman–Crippen LogP) is 15.3. The maximum Gasteiger partial charge on any atom is 0.143 e. The number of nitrogens with zero attached hydrogens (tertiary/aromatic N) is 1. The van der Waals surface area contributed by atoms with Gasteiger partial charge in [-0.15, -0.1) is 0 Å². The van der Waals surface area contributed by atoms with Crippen LogP contribution in [-0.2, 0) is 0 Å². The van der Waals surface area contributed by atoms with Gasteiger partial charge in [-0.3, -0.25) is 0 Å². The monoisotopic (exact) mass is 717 g/mol. The smallest absolute Gasteiger partial charge is 0.143 e. The summed E-state index contributed by atoms with van der Waals surface area (Å²) in [5.74, 6) is 0. The van der Waals surface area contributed by atoms with Gasteiger partial charge in [0.1, 0.15) is 33.5 Å². The molecular formula is C52H31NO3. The Balaban J connectivity index is 1.02. The first-order valence-corrected chi connectivity index (χ1v) is 18.9. The third kappa shape index (κ3) is 4.73. The van der Waals surface area contributed by atoms with Crippen molar-refractivity contribution in [2.45, 2.75) is 0 Å². The highest BCUT2D eigenvalue weighted by molar-refractivity contribution is 6.16. The van der Waals surface area contributed by atoms with Crippen LogP contribution in [0, 0.1) is 0 Å². The molecule has 0 N–H and O–H groups in total. The molecule has 0 atom stereocenters. The van der Waals surface area contributed by atoms with Crippen molar-refractivity contribution in [1.29, 1.82) is 0 Å². The minimum Gasteiger partial charge on any atom is -0.456 e. The Morgan fingerprint density at radius 3 is 1.68 bits per heavy atom. The van der Waals surface area contributed by atoms with E-state index in [2.05, 4.69) is 169 Å². The molecule has 0 saturated carbocycles. The molecule has 4 nitrogen and oxygen atoms in total. The second-order valence-electron chi connectivity index (χ2n) is 14.5. The van der Waals surface area contributed by atoms with Crippen LogP contribution in [0.15, 0.2) is 201 Å². The molecule has 9 aromatic carbocycles. The molecule has 262 valence electrons. The lowest BCUT2D eigenvalue weighted by Gasteiger charge is -2.28. The average Bonchev–Trinajstić information content (AvgIpc) is 3.95. The van der Waals surface area contributed by atoms with Crippen LogP contribution < -0.4 is 4.90 Å². The van der Waals surface area contributed by atoms with E-state index in [0.29, 0.717) is 0 Å². The largest absolute Gasteiger partial charge is 0.456 e. The van der Waals surface area contributed by atoms with Gasteiger partial charge in [-0.2, -0.15) is 0 Å². The highest BCUT2D eigenvalue weighted by atomic mass is 16.3. The quantitative estimate of drug-likeness (QED) is 0.178. The van der Waals surface area contributed by atoms with E-state index in [1.807, 2.05) is 24.3 Å². The molecule has 56 heavy (non-hydrogen) atoms. The minimum atomic E-state index is 0.848. The second-order valence-corrected chi connectivity index (χ2v) is 14.5. The van der Waals surface area contributed by atoms with Gasteiger partial charge in [-0.25, -0.2) is 0 Å². The Morgan fingerprint density at radius 1 is 0.304 bits per heavy atom. The number of fused-ring (bicyclic) bond motifs is 11. The lowest BCUT2D eigenvalue weighted by molar-refractivity contribution is 0.668. The summed E-state index contributed by atoms with van der Waals surface area (Å²) in [6.07, 6.45) is 0. The molecule has 0 aliphatic rings. The molecule has 3 heterocycles. The predicted molar refractivity (Wildman–Crippen MR) is 231 cm³/mol. The maximum atomic E-state index is 6.50. The number of rotatable bonds is 5. The van der Waals surface area contributed by atoms with Crippen molar-refractivity contribution in [3.05, 3.63) is 188 Å². The third-order valence-electron chi connectivity index (χ3n) is 11.3. The summed E-state index contributed by atoms with van der Waals surface area (Å²) in [5.41, 5.74) is 12.8. The fourth-order valence-electron chi connectivity index (χ4n) is 8.57. The number of furan rings is 3. The van der Waals surface area contributed by atoms with Gasteiger partial charge in [-0.1, -0.05) is 109 Å². The molecule has 4 heteroatoms. The maximum absolute atomic E-state index is 6.50. The Labute approximate surface area is 321 Å². The van der Waals surface area contributed by atoms with Crippen molar-refractivity contribution < 1.29 is 13.3 Å². The van der Waals surface area contributed by atoms with Gasteiger partial charge >= 0.3 is 0 Å². The lowest BCUT2D eigenvalue weighted by Crippen LogP contribution is -2.11. The normalized spacial score (nSPS) is 11.9. The van der Waals surface area contributed by atoms with Gasteiger partial charge in [0.05, 0.1) is 5.69 Å². The Hall–Kier alpha value is -7.56. The average molecular weight is 718 g/mol. The zero-order valence-electron chi connectivity index (χ0n) is 30.1. The summed E-state index contributed by atoms with van der Waals surface area (Å²) in [6.45, 7) is 0. The number of anilines is 3. The first-order chi connectivity index (χ1) is 27.7. The fourth-order valence-corrected chi connectivity index (χ4v) is 8.57. The van der Waals surface area contributed by atoms with Crippen molar-refractivity contribution >= 4 is 93.7 Å². The van der Waals surface area contributed by atoms with Crippen LogP contribution in [0.2, 0.25) is 0 Å². The van der Waals surface area contributed by atoms with Crippen molar-refractivity contribution in [1.82, 2.24) is 0 Å². The van der Waals surface area contributed by atoms with Crippen molar-refractivity contribution in [3.63, 3.8) is 0 Å². The van der Waals surface area contributed by atoms with Crippen LogP contribution >= 0.6 is 0 Å². The number of hydrogen-bond acceptors (Lipinski definition) is 4. The number of para-hydroxylation sites is 3. The van der Waals surface area contributed by atoms with E-state index in [9.17, 15) is 0 Å². The SMILES string of the molecule is c1ccc(N(c2ccc(-c3ccc4c(c3)oc3ccccc34)cc2)c2ccc3c(c2)oc2ccccc23)c(-c2ccc3oc4c5ccccc5ccc4c3c2)c1. The number of hydrogen-bond donors (Lipinski definition) is 0. The minimum absolute atomic E-state index is 0.848. The van der Waals surface area contributed by atoms with E-state index < -0.39 is 0 Å². The summed E-state index contributed by atoms with van der Waals surface area (Å²) < 4.78 is 19.2. The van der Waals surface area contributed by atoms with Crippen LogP contribution in [0.5, 0.6) is 0 Å². The van der Waals surface area contributed by atoms with Gasteiger partial charge in [0.15, 0.2) is 0 Å². The Bertz CT molecular complexity index is 3490. The molecule has 0 aliphatic heterocycles. The van der Waals surface area contributed by atoms with Crippen molar-refractivity contribution in [2.24, 2.45) is 0 Å². The summed E-state index contributed by atoms with van der Waals surface area (Å²) in [4.78, 5) is 2.33. The van der Waals surface area contributed by atoms with Gasteiger partial charge < -0.3 is 18.2 Å². The lowest BCUT2D eigenvalue weighted by atomic mass is 9.98.